The number of fused-ring (bicyclic) bond motifs is 1. The maximum absolute atomic E-state index is 2.52. The van der Waals surface area contributed by atoms with Gasteiger partial charge >= 0.3 is 0 Å². The second kappa shape index (κ2) is 5.31. The molecule has 0 saturated heterocycles. The fourth-order valence-corrected chi connectivity index (χ4v) is 3.84. The number of aryl methyl sites for hydroxylation is 1. The van der Waals surface area contributed by atoms with Crippen molar-refractivity contribution in [3.05, 3.63) is 34.9 Å². The van der Waals surface area contributed by atoms with Crippen molar-refractivity contribution in [1.29, 1.82) is 0 Å². The lowest BCUT2D eigenvalue weighted by molar-refractivity contribution is 0.394. The van der Waals surface area contributed by atoms with E-state index in [1.165, 1.54) is 38.5 Å². The number of benzene rings is 1. The molecule has 1 aromatic carbocycles. The van der Waals surface area contributed by atoms with Crippen molar-refractivity contribution in [2.45, 2.75) is 84.0 Å². The molecule has 0 fully saturated rings. The van der Waals surface area contributed by atoms with Crippen LogP contribution in [0.4, 0.5) is 0 Å². The summed E-state index contributed by atoms with van der Waals surface area (Å²) in [7, 11) is 0. The highest BCUT2D eigenvalue weighted by Crippen LogP contribution is 2.45. The summed E-state index contributed by atoms with van der Waals surface area (Å²) in [5.41, 5.74) is 5.67. The van der Waals surface area contributed by atoms with Crippen molar-refractivity contribution in [1.82, 2.24) is 0 Å². The van der Waals surface area contributed by atoms with Gasteiger partial charge in [-0.3, -0.25) is 0 Å². The first-order valence-corrected chi connectivity index (χ1v) is 8.19. The summed E-state index contributed by atoms with van der Waals surface area (Å²) in [6.07, 6.45) is 7.68. The molecule has 0 bridgehead atoms. The van der Waals surface area contributed by atoms with Crippen molar-refractivity contribution in [3.63, 3.8) is 0 Å². The van der Waals surface area contributed by atoms with Gasteiger partial charge in [0.25, 0.3) is 0 Å². The van der Waals surface area contributed by atoms with Crippen LogP contribution in [0, 0.1) is 0 Å². The van der Waals surface area contributed by atoms with Crippen molar-refractivity contribution >= 4 is 0 Å². The predicted molar refractivity (Wildman–Crippen MR) is 85.0 cm³/mol. The van der Waals surface area contributed by atoms with E-state index in [9.17, 15) is 0 Å². The van der Waals surface area contributed by atoms with Crippen LogP contribution in [0.15, 0.2) is 18.2 Å². The van der Waals surface area contributed by atoms with Gasteiger partial charge in [-0.25, -0.2) is 0 Å². The van der Waals surface area contributed by atoms with Crippen molar-refractivity contribution in [2.24, 2.45) is 0 Å². The Hall–Kier alpha value is -0.780. The third-order valence-corrected chi connectivity index (χ3v) is 6.16. The highest BCUT2D eigenvalue weighted by atomic mass is 14.4. The fraction of sp³-hybridized carbons (Fsp3) is 0.684. The Kier molecular flexibility index (Phi) is 4.08. The van der Waals surface area contributed by atoms with E-state index in [2.05, 4.69) is 52.8 Å². The van der Waals surface area contributed by atoms with Crippen LogP contribution in [-0.2, 0) is 17.3 Å². The van der Waals surface area contributed by atoms with Gasteiger partial charge in [0.1, 0.15) is 0 Å². The molecule has 106 valence electrons. The average molecular weight is 258 g/mol. The van der Waals surface area contributed by atoms with E-state index >= 15 is 0 Å². The molecule has 0 aromatic heterocycles. The van der Waals surface area contributed by atoms with Gasteiger partial charge in [-0.1, -0.05) is 52.8 Å². The Labute approximate surface area is 119 Å². The molecule has 0 saturated carbocycles. The molecular weight excluding hydrogens is 228 g/mol. The van der Waals surface area contributed by atoms with Gasteiger partial charge in [0.2, 0.25) is 0 Å². The molecule has 0 heterocycles. The highest BCUT2D eigenvalue weighted by molar-refractivity contribution is 5.43. The fourth-order valence-electron chi connectivity index (χ4n) is 3.84. The monoisotopic (exact) mass is 258 g/mol. The van der Waals surface area contributed by atoms with E-state index in [4.69, 9.17) is 0 Å². The molecular formula is C19H30. The van der Waals surface area contributed by atoms with Crippen molar-refractivity contribution < 1.29 is 0 Å². The Morgan fingerprint density at radius 2 is 1.68 bits per heavy atom. The molecule has 0 aliphatic heterocycles. The second-order valence-electron chi connectivity index (χ2n) is 6.63. The summed E-state index contributed by atoms with van der Waals surface area (Å²) < 4.78 is 0. The molecule has 1 aliphatic carbocycles. The SMILES string of the molecule is CCC(C)(CC)c1ccc2c(c1)CCC2(CC)CC. The van der Waals surface area contributed by atoms with Gasteiger partial charge in [-0.15, -0.1) is 0 Å². The van der Waals surface area contributed by atoms with Crippen LogP contribution in [0.2, 0.25) is 0 Å². The van der Waals surface area contributed by atoms with Gasteiger partial charge in [0, 0.05) is 0 Å². The Balaban J connectivity index is 2.43. The summed E-state index contributed by atoms with van der Waals surface area (Å²) in [6, 6.07) is 7.39. The lowest BCUT2D eigenvalue weighted by Crippen LogP contribution is -2.22. The lowest BCUT2D eigenvalue weighted by Gasteiger charge is -2.30. The van der Waals surface area contributed by atoms with E-state index < -0.39 is 0 Å². The zero-order chi connectivity index (χ0) is 14.1. The topological polar surface area (TPSA) is 0 Å². The Bertz CT molecular complexity index is 433. The van der Waals surface area contributed by atoms with Crippen LogP contribution in [0.1, 0.15) is 83.4 Å². The van der Waals surface area contributed by atoms with E-state index in [1.807, 2.05) is 0 Å². The van der Waals surface area contributed by atoms with Crippen LogP contribution in [0.25, 0.3) is 0 Å². The van der Waals surface area contributed by atoms with Gasteiger partial charge in [0.05, 0.1) is 0 Å². The largest absolute Gasteiger partial charge is 0.0645 e. The first kappa shape index (κ1) is 14.6. The highest BCUT2D eigenvalue weighted by Gasteiger charge is 2.36. The van der Waals surface area contributed by atoms with E-state index in [1.54, 1.807) is 16.7 Å². The maximum atomic E-state index is 2.52. The van der Waals surface area contributed by atoms with E-state index in [0.29, 0.717) is 10.8 Å². The minimum absolute atomic E-state index is 0.360. The molecule has 0 nitrogen and oxygen atoms in total. The van der Waals surface area contributed by atoms with E-state index in [-0.39, 0.29) is 0 Å². The quantitative estimate of drug-likeness (QED) is 0.629. The normalized spacial score (nSPS) is 17.5. The summed E-state index contributed by atoms with van der Waals surface area (Å²) >= 11 is 0. The van der Waals surface area contributed by atoms with Crippen molar-refractivity contribution in [2.75, 3.05) is 0 Å². The summed E-state index contributed by atoms with van der Waals surface area (Å²) in [5, 5.41) is 0. The molecule has 0 unspecified atom stereocenters. The average Bonchev–Trinajstić information content (AvgIpc) is 2.85. The van der Waals surface area contributed by atoms with Gasteiger partial charge in [-0.05, 0) is 66.0 Å². The minimum Gasteiger partial charge on any atom is -0.0645 e. The molecule has 0 heteroatoms. The van der Waals surface area contributed by atoms with Crippen LogP contribution < -0.4 is 0 Å². The Morgan fingerprint density at radius 3 is 2.21 bits per heavy atom. The van der Waals surface area contributed by atoms with Gasteiger partial charge in [-0.2, -0.15) is 0 Å². The van der Waals surface area contributed by atoms with Crippen LogP contribution in [0.5, 0.6) is 0 Å². The predicted octanol–water partition coefficient (Wildman–Crippen LogP) is 5.77. The third kappa shape index (κ3) is 2.24. The molecule has 0 amide bonds. The molecule has 1 aliphatic rings. The van der Waals surface area contributed by atoms with Crippen LogP contribution in [0.3, 0.4) is 0 Å². The number of rotatable bonds is 5. The smallest absolute Gasteiger partial charge is 0.00463 e. The molecule has 1 aromatic rings. The summed E-state index contributed by atoms with van der Waals surface area (Å²) in [6.45, 7) is 11.8. The zero-order valence-electron chi connectivity index (χ0n) is 13.5. The van der Waals surface area contributed by atoms with Gasteiger partial charge in [0.15, 0.2) is 0 Å². The van der Waals surface area contributed by atoms with Crippen molar-refractivity contribution in [3.8, 4) is 0 Å². The second-order valence-corrected chi connectivity index (χ2v) is 6.63. The number of hydrogen-bond donors (Lipinski definition) is 0. The first-order valence-electron chi connectivity index (χ1n) is 8.19. The molecule has 0 N–H and O–H groups in total. The molecule has 0 atom stereocenters. The lowest BCUT2D eigenvalue weighted by atomic mass is 9.74. The Morgan fingerprint density at radius 1 is 1.05 bits per heavy atom. The third-order valence-electron chi connectivity index (χ3n) is 6.16. The molecule has 19 heavy (non-hydrogen) atoms. The minimum atomic E-state index is 0.360. The van der Waals surface area contributed by atoms with Gasteiger partial charge < -0.3 is 0 Å². The van der Waals surface area contributed by atoms with E-state index in [0.717, 1.165) is 0 Å². The molecule has 2 rings (SSSR count). The van der Waals surface area contributed by atoms with Crippen LogP contribution in [-0.4, -0.2) is 0 Å². The maximum Gasteiger partial charge on any atom is -0.00463 e. The zero-order valence-corrected chi connectivity index (χ0v) is 13.5. The number of hydrogen-bond acceptors (Lipinski definition) is 0. The summed E-state index contributed by atoms with van der Waals surface area (Å²) in [5.74, 6) is 0. The van der Waals surface area contributed by atoms with Crippen LogP contribution >= 0.6 is 0 Å². The summed E-state index contributed by atoms with van der Waals surface area (Å²) in [4.78, 5) is 0. The standard InChI is InChI=1S/C19H30/c1-6-18(5,7-2)16-10-11-17-15(14-16)12-13-19(17,8-3)9-4/h10-11,14H,6-9,12-13H2,1-5H3. The first-order chi connectivity index (χ1) is 9.05. The molecule has 0 spiro atoms. The molecule has 0 radical (unpaired) electrons.